The van der Waals surface area contributed by atoms with Crippen LogP contribution in [0.4, 0.5) is 0 Å². The molecule has 0 aliphatic carbocycles. The van der Waals surface area contributed by atoms with Crippen LogP contribution in [0.2, 0.25) is 0 Å². The second-order valence-electron chi connectivity index (χ2n) is 5.53. The van der Waals surface area contributed by atoms with Crippen molar-refractivity contribution < 1.29 is 4.79 Å². The van der Waals surface area contributed by atoms with E-state index >= 15 is 0 Å². The van der Waals surface area contributed by atoms with E-state index in [1.165, 1.54) is 5.56 Å². The van der Waals surface area contributed by atoms with Gasteiger partial charge >= 0.3 is 0 Å². The van der Waals surface area contributed by atoms with E-state index < -0.39 is 0 Å². The maximum atomic E-state index is 12.0. The van der Waals surface area contributed by atoms with E-state index in [4.69, 9.17) is 0 Å². The molecule has 3 nitrogen and oxygen atoms in total. The Morgan fingerprint density at radius 1 is 1.42 bits per heavy atom. The predicted octanol–water partition coefficient (Wildman–Crippen LogP) is 2.29. The lowest BCUT2D eigenvalue weighted by molar-refractivity contribution is -0.125. The number of hydrogen-bond acceptors (Lipinski definition) is 2. The van der Waals surface area contributed by atoms with Crippen molar-refractivity contribution in [1.82, 2.24) is 10.6 Å². The summed E-state index contributed by atoms with van der Waals surface area (Å²) >= 11 is 0. The predicted molar refractivity (Wildman–Crippen MR) is 78.1 cm³/mol. The number of hydrogen-bond donors (Lipinski definition) is 2. The van der Waals surface area contributed by atoms with Crippen LogP contribution in [0, 0.1) is 5.92 Å². The third-order valence-corrected chi connectivity index (χ3v) is 4.11. The normalized spacial score (nSPS) is 24.1. The van der Waals surface area contributed by atoms with Crippen molar-refractivity contribution in [3.8, 4) is 0 Å². The van der Waals surface area contributed by atoms with Gasteiger partial charge in [0.05, 0.1) is 5.92 Å². The van der Waals surface area contributed by atoms with Gasteiger partial charge in [-0.2, -0.15) is 0 Å². The number of carbonyl (C=O) groups is 1. The largest absolute Gasteiger partial charge is 0.356 e. The van der Waals surface area contributed by atoms with Gasteiger partial charge in [0, 0.05) is 12.6 Å². The molecule has 104 valence electrons. The van der Waals surface area contributed by atoms with Gasteiger partial charge in [0.15, 0.2) is 0 Å². The van der Waals surface area contributed by atoms with Crippen molar-refractivity contribution in [3.05, 3.63) is 35.9 Å². The first-order valence-electron chi connectivity index (χ1n) is 7.24. The smallest absolute Gasteiger partial charge is 0.224 e. The molecule has 1 aliphatic rings. The van der Waals surface area contributed by atoms with Crippen molar-refractivity contribution in [1.29, 1.82) is 0 Å². The first-order chi connectivity index (χ1) is 9.18. The molecule has 1 amide bonds. The topological polar surface area (TPSA) is 41.1 Å². The molecule has 3 atom stereocenters. The van der Waals surface area contributed by atoms with Crippen LogP contribution in [-0.4, -0.2) is 25.0 Å². The van der Waals surface area contributed by atoms with Gasteiger partial charge in [-0.15, -0.1) is 0 Å². The number of amides is 1. The van der Waals surface area contributed by atoms with Crippen LogP contribution in [0.15, 0.2) is 30.3 Å². The molecule has 0 aromatic heterocycles. The molecule has 1 aliphatic heterocycles. The van der Waals surface area contributed by atoms with Crippen LogP contribution in [0.25, 0.3) is 0 Å². The molecular weight excluding hydrogens is 236 g/mol. The van der Waals surface area contributed by atoms with Crippen LogP contribution in [0.1, 0.15) is 38.2 Å². The summed E-state index contributed by atoms with van der Waals surface area (Å²) in [6.07, 6.45) is 1.95. The molecule has 2 N–H and O–H groups in total. The molecule has 0 radical (unpaired) electrons. The van der Waals surface area contributed by atoms with Gasteiger partial charge in [-0.25, -0.2) is 0 Å². The summed E-state index contributed by atoms with van der Waals surface area (Å²) in [5, 5.41) is 6.39. The summed E-state index contributed by atoms with van der Waals surface area (Å²) in [5.74, 6) is 0.838. The fourth-order valence-electron chi connectivity index (χ4n) is 2.71. The van der Waals surface area contributed by atoms with Gasteiger partial charge in [-0.1, -0.05) is 37.3 Å². The Labute approximate surface area is 115 Å². The van der Waals surface area contributed by atoms with Crippen molar-refractivity contribution in [2.45, 2.75) is 38.6 Å². The van der Waals surface area contributed by atoms with E-state index in [0.717, 1.165) is 25.9 Å². The van der Waals surface area contributed by atoms with E-state index in [1.54, 1.807) is 0 Å². The Bertz CT molecular complexity index is 404. The molecule has 1 aromatic rings. The van der Waals surface area contributed by atoms with Gasteiger partial charge in [-0.05, 0) is 37.8 Å². The van der Waals surface area contributed by atoms with Gasteiger partial charge in [-0.3, -0.25) is 4.79 Å². The monoisotopic (exact) mass is 260 g/mol. The zero-order valence-electron chi connectivity index (χ0n) is 11.9. The molecular formula is C16H24N2O. The number of nitrogens with one attached hydrogen (secondary N) is 2. The number of benzene rings is 1. The number of carbonyl (C=O) groups excluding carboxylic acids is 1. The summed E-state index contributed by atoms with van der Waals surface area (Å²) in [4.78, 5) is 12.0. The number of rotatable bonds is 5. The van der Waals surface area contributed by atoms with Crippen molar-refractivity contribution in [3.63, 3.8) is 0 Å². The van der Waals surface area contributed by atoms with E-state index in [9.17, 15) is 4.79 Å². The molecule has 1 saturated heterocycles. The summed E-state index contributed by atoms with van der Waals surface area (Å²) in [6.45, 7) is 6.02. The molecule has 0 saturated carbocycles. The quantitative estimate of drug-likeness (QED) is 0.853. The lowest BCUT2D eigenvalue weighted by atomic mass is 9.97. The van der Waals surface area contributed by atoms with Crippen LogP contribution in [-0.2, 0) is 4.79 Å². The van der Waals surface area contributed by atoms with Crippen molar-refractivity contribution in [2.75, 3.05) is 13.1 Å². The fraction of sp³-hybridized carbons (Fsp3) is 0.562. The van der Waals surface area contributed by atoms with Gasteiger partial charge in [0.1, 0.15) is 0 Å². The average molecular weight is 260 g/mol. The summed E-state index contributed by atoms with van der Waals surface area (Å²) in [7, 11) is 0. The standard InChI is InChI=1S/C16H24N2O/c1-12(14-6-4-3-5-7-14)8-10-18-16(19)15-9-11-17-13(15)2/h3-7,12-13,15,17H,8-11H2,1-2H3,(H,18,19). The molecule has 3 unspecified atom stereocenters. The van der Waals surface area contributed by atoms with Crippen molar-refractivity contribution >= 4 is 5.91 Å². The highest BCUT2D eigenvalue weighted by atomic mass is 16.1. The SMILES string of the molecule is CC(CCNC(=O)C1CCNC1C)c1ccccc1. The summed E-state index contributed by atoms with van der Waals surface area (Å²) in [6, 6.07) is 10.8. The maximum Gasteiger partial charge on any atom is 0.224 e. The van der Waals surface area contributed by atoms with E-state index in [0.29, 0.717) is 12.0 Å². The van der Waals surface area contributed by atoms with Gasteiger partial charge in [0.25, 0.3) is 0 Å². The molecule has 0 spiro atoms. The fourth-order valence-corrected chi connectivity index (χ4v) is 2.71. The van der Waals surface area contributed by atoms with Crippen LogP contribution in [0.3, 0.4) is 0 Å². The summed E-state index contributed by atoms with van der Waals surface area (Å²) in [5.41, 5.74) is 1.34. The molecule has 3 heteroatoms. The van der Waals surface area contributed by atoms with Gasteiger partial charge in [0.2, 0.25) is 5.91 Å². The summed E-state index contributed by atoms with van der Waals surface area (Å²) < 4.78 is 0. The van der Waals surface area contributed by atoms with E-state index in [-0.39, 0.29) is 11.8 Å². The molecule has 2 rings (SSSR count). The third-order valence-electron chi connectivity index (χ3n) is 4.11. The Kier molecular flexibility index (Phi) is 4.97. The Morgan fingerprint density at radius 2 is 2.16 bits per heavy atom. The molecule has 19 heavy (non-hydrogen) atoms. The van der Waals surface area contributed by atoms with Crippen molar-refractivity contribution in [2.24, 2.45) is 5.92 Å². The highest BCUT2D eigenvalue weighted by Gasteiger charge is 2.28. The Balaban J connectivity index is 1.73. The second-order valence-corrected chi connectivity index (χ2v) is 5.53. The molecule has 0 bridgehead atoms. The third kappa shape index (κ3) is 3.80. The first kappa shape index (κ1) is 14.1. The maximum absolute atomic E-state index is 12.0. The minimum atomic E-state index is 0.145. The lowest BCUT2D eigenvalue weighted by Crippen LogP contribution is -2.37. The zero-order valence-corrected chi connectivity index (χ0v) is 11.9. The molecule has 1 heterocycles. The minimum Gasteiger partial charge on any atom is -0.356 e. The Hall–Kier alpha value is -1.35. The van der Waals surface area contributed by atoms with Crippen LogP contribution in [0.5, 0.6) is 0 Å². The van der Waals surface area contributed by atoms with Crippen LogP contribution < -0.4 is 10.6 Å². The average Bonchev–Trinajstić information content (AvgIpc) is 2.86. The van der Waals surface area contributed by atoms with E-state index in [1.807, 2.05) is 6.07 Å². The zero-order chi connectivity index (χ0) is 13.7. The lowest BCUT2D eigenvalue weighted by Gasteiger charge is -2.16. The first-order valence-corrected chi connectivity index (χ1v) is 7.24. The van der Waals surface area contributed by atoms with Gasteiger partial charge < -0.3 is 10.6 Å². The highest BCUT2D eigenvalue weighted by molar-refractivity contribution is 5.79. The second kappa shape index (κ2) is 6.71. The molecule has 1 aromatic carbocycles. The van der Waals surface area contributed by atoms with Crippen LogP contribution >= 0.6 is 0 Å². The minimum absolute atomic E-state index is 0.145. The molecule has 1 fully saturated rings. The van der Waals surface area contributed by atoms with E-state index in [2.05, 4.69) is 48.7 Å². The Morgan fingerprint density at radius 3 is 2.79 bits per heavy atom. The highest BCUT2D eigenvalue weighted by Crippen LogP contribution is 2.18.